The molecule has 0 aliphatic heterocycles. The minimum absolute atomic E-state index is 0.135. The fourth-order valence-electron chi connectivity index (χ4n) is 1.96. The average Bonchev–Trinajstić information content (AvgIpc) is 2.60. The second-order valence-corrected chi connectivity index (χ2v) is 6.75. The summed E-state index contributed by atoms with van der Waals surface area (Å²) in [6.45, 7) is 13.4. The number of allylic oxidation sites excluding steroid dienone is 4. The molecule has 1 aliphatic carbocycles. The van der Waals surface area contributed by atoms with Crippen LogP contribution in [0.4, 0.5) is 5.69 Å². The third-order valence-electron chi connectivity index (χ3n) is 3.56. The van der Waals surface area contributed by atoms with Gasteiger partial charge < -0.3 is 10.5 Å². The molecule has 0 spiro atoms. The number of rotatable bonds is 4. The molecule has 1 aliphatic rings. The van der Waals surface area contributed by atoms with Gasteiger partial charge in [0.05, 0.1) is 23.7 Å². The monoisotopic (exact) mass is 357 g/mol. The van der Waals surface area contributed by atoms with Gasteiger partial charge in [-0.25, -0.2) is 0 Å². The van der Waals surface area contributed by atoms with Gasteiger partial charge in [0, 0.05) is 0 Å². The van der Waals surface area contributed by atoms with Crippen molar-refractivity contribution in [3.63, 3.8) is 0 Å². The lowest BCUT2D eigenvalue weighted by molar-refractivity contribution is 0.311. The molecule has 0 amide bonds. The smallest absolute Gasteiger partial charge is 0.142 e. The van der Waals surface area contributed by atoms with Crippen LogP contribution in [0.5, 0.6) is 5.75 Å². The highest BCUT2D eigenvalue weighted by Crippen LogP contribution is 2.29. The van der Waals surface area contributed by atoms with Gasteiger partial charge in [-0.2, -0.15) is 0 Å². The number of unbranched alkanes of at least 4 members (excludes halogenated alkanes) is 1. The highest BCUT2D eigenvalue weighted by molar-refractivity contribution is 6.48. The molecule has 0 bridgehead atoms. The second-order valence-electron chi connectivity index (χ2n) is 6.75. The number of nitrogen functional groups attached to an aromatic ring is 1. The van der Waals surface area contributed by atoms with Gasteiger partial charge in [0.2, 0.25) is 0 Å². The predicted octanol–water partition coefficient (Wildman–Crippen LogP) is 5.92. The van der Waals surface area contributed by atoms with Crippen LogP contribution in [0.15, 0.2) is 42.5 Å². The van der Waals surface area contributed by atoms with E-state index < -0.39 is 0 Å². The lowest BCUT2D eigenvalue weighted by atomic mass is 9.87. The molecule has 4 nitrogen and oxygen atoms in total. The molecule has 1 aromatic carbocycles. The van der Waals surface area contributed by atoms with Crippen molar-refractivity contribution in [1.29, 1.82) is 10.8 Å². The fourth-order valence-corrected chi connectivity index (χ4v) is 1.96. The minimum Gasteiger partial charge on any atom is -0.491 e. The van der Waals surface area contributed by atoms with E-state index in [1.54, 1.807) is 24.3 Å². The first kappa shape index (κ1) is 23.6. The Morgan fingerprint density at radius 3 is 1.92 bits per heavy atom. The van der Waals surface area contributed by atoms with E-state index in [0.29, 0.717) is 0 Å². The lowest BCUT2D eigenvalue weighted by Gasteiger charge is -2.20. The summed E-state index contributed by atoms with van der Waals surface area (Å²) in [7, 11) is 0. The predicted molar refractivity (Wildman–Crippen MR) is 115 cm³/mol. The van der Waals surface area contributed by atoms with Crippen molar-refractivity contribution in [2.45, 2.75) is 59.8 Å². The molecule has 4 N–H and O–H groups in total. The fraction of sp³-hybridized carbons (Fsp3) is 0.455. The number of nitrogens with one attached hydrogen (secondary N) is 2. The summed E-state index contributed by atoms with van der Waals surface area (Å²) in [6.07, 6.45) is 8.91. The van der Waals surface area contributed by atoms with Gasteiger partial charge in [-0.3, -0.25) is 10.8 Å². The van der Waals surface area contributed by atoms with Crippen LogP contribution in [0.2, 0.25) is 0 Å². The molecule has 144 valence electrons. The first-order valence-electron chi connectivity index (χ1n) is 9.30. The zero-order valence-corrected chi connectivity index (χ0v) is 17.1. The van der Waals surface area contributed by atoms with E-state index >= 15 is 0 Å². The maximum absolute atomic E-state index is 7.03. The molecule has 0 fully saturated rings. The zero-order chi connectivity index (χ0) is 20.2. The van der Waals surface area contributed by atoms with Gasteiger partial charge in [-0.15, -0.1) is 0 Å². The van der Waals surface area contributed by atoms with Crippen LogP contribution in [-0.2, 0) is 5.41 Å². The topological polar surface area (TPSA) is 83.0 Å². The van der Waals surface area contributed by atoms with Crippen molar-refractivity contribution < 1.29 is 4.74 Å². The summed E-state index contributed by atoms with van der Waals surface area (Å²) < 4.78 is 5.62. The van der Waals surface area contributed by atoms with Gasteiger partial charge >= 0.3 is 0 Å². The Kier molecular flexibility index (Phi) is 11.0. The molecule has 0 atom stereocenters. The Morgan fingerprint density at radius 1 is 1.00 bits per heavy atom. The number of hydrogen-bond acceptors (Lipinski definition) is 4. The molecule has 1 aromatic rings. The third kappa shape index (κ3) is 8.65. The van der Waals surface area contributed by atoms with E-state index in [0.717, 1.165) is 30.9 Å². The summed E-state index contributed by atoms with van der Waals surface area (Å²) >= 11 is 0. The number of anilines is 1. The van der Waals surface area contributed by atoms with E-state index in [1.165, 1.54) is 5.56 Å². The SMILES string of the molecule is CC.CCCCOc1ccc(C(C)(C)C)cc1N.N=C1C=CC=CC1=N. The van der Waals surface area contributed by atoms with Crippen LogP contribution >= 0.6 is 0 Å². The third-order valence-corrected chi connectivity index (χ3v) is 3.56. The van der Waals surface area contributed by atoms with Crippen molar-refractivity contribution in [2.75, 3.05) is 12.3 Å². The molecule has 0 aromatic heterocycles. The maximum Gasteiger partial charge on any atom is 0.142 e. The van der Waals surface area contributed by atoms with Crippen LogP contribution in [0.25, 0.3) is 0 Å². The van der Waals surface area contributed by atoms with E-state index in [4.69, 9.17) is 21.3 Å². The highest BCUT2D eigenvalue weighted by atomic mass is 16.5. The summed E-state index contributed by atoms with van der Waals surface area (Å²) in [4.78, 5) is 0. The van der Waals surface area contributed by atoms with Crippen LogP contribution in [0, 0.1) is 10.8 Å². The van der Waals surface area contributed by atoms with Crippen molar-refractivity contribution in [1.82, 2.24) is 0 Å². The quantitative estimate of drug-likeness (QED) is 0.355. The number of hydrogen-bond donors (Lipinski definition) is 3. The number of nitrogens with two attached hydrogens (primary N) is 1. The van der Waals surface area contributed by atoms with Crippen LogP contribution < -0.4 is 10.5 Å². The average molecular weight is 358 g/mol. The van der Waals surface area contributed by atoms with Gasteiger partial charge in [0.25, 0.3) is 0 Å². The first-order chi connectivity index (χ1) is 12.3. The van der Waals surface area contributed by atoms with Gasteiger partial charge in [-0.1, -0.05) is 66.2 Å². The summed E-state index contributed by atoms with van der Waals surface area (Å²) in [6, 6.07) is 6.09. The van der Waals surface area contributed by atoms with Gasteiger partial charge in [-0.05, 0) is 41.7 Å². The molecule has 0 unspecified atom stereocenters. The number of benzene rings is 1. The van der Waals surface area contributed by atoms with Crippen molar-refractivity contribution in [3.8, 4) is 5.75 Å². The standard InChI is InChI=1S/C14H23NO.C6H6N2.C2H6/c1-5-6-9-16-13-8-7-11(10-12(13)15)14(2,3)4;7-5-3-1-2-4-6(5)8;1-2/h7-8,10H,5-6,9,15H2,1-4H3;1-4,7-8H;1-2H3. The van der Waals surface area contributed by atoms with Crippen molar-refractivity contribution in [3.05, 3.63) is 48.1 Å². The normalized spacial score (nSPS) is 12.7. The van der Waals surface area contributed by atoms with E-state index in [2.05, 4.69) is 33.8 Å². The molecule has 0 heterocycles. The lowest BCUT2D eigenvalue weighted by Crippen LogP contribution is -2.11. The molecule has 26 heavy (non-hydrogen) atoms. The Labute approximate surface area is 159 Å². The second kappa shape index (κ2) is 12.1. The molecule has 0 radical (unpaired) electrons. The summed E-state index contributed by atoms with van der Waals surface area (Å²) in [5.41, 5.74) is 8.66. The maximum atomic E-state index is 7.03. The number of ether oxygens (including phenoxy) is 1. The van der Waals surface area contributed by atoms with Gasteiger partial charge in [0.1, 0.15) is 5.75 Å². The molecular weight excluding hydrogens is 322 g/mol. The van der Waals surface area contributed by atoms with Crippen LogP contribution in [0.3, 0.4) is 0 Å². The molecule has 0 saturated carbocycles. The Balaban J connectivity index is 0.000000522. The van der Waals surface area contributed by atoms with Crippen LogP contribution in [0.1, 0.15) is 59.9 Å². The minimum atomic E-state index is 0.135. The Morgan fingerprint density at radius 2 is 1.54 bits per heavy atom. The molecule has 4 heteroatoms. The largest absolute Gasteiger partial charge is 0.491 e. The summed E-state index contributed by atoms with van der Waals surface area (Å²) in [5.74, 6) is 0.807. The van der Waals surface area contributed by atoms with E-state index in [1.807, 2.05) is 26.0 Å². The first-order valence-corrected chi connectivity index (χ1v) is 9.30. The Bertz CT molecular complexity index is 615. The van der Waals surface area contributed by atoms with E-state index in [9.17, 15) is 0 Å². The Hall–Kier alpha value is -2.36. The molecule has 0 saturated heterocycles. The zero-order valence-electron chi connectivity index (χ0n) is 17.1. The van der Waals surface area contributed by atoms with Crippen LogP contribution in [-0.4, -0.2) is 18.0 Å². The molecule has 2 rings (SSSR count). The van der Waals surface area contributed by atoms with Crippen molar-refractivity contribution in [2.24, 2.45) is 0 Å². The van der Waals surface area contributed by atoms with E-state index in [-0.39, 0.29) is 16.8 Å². The summed E-state index contributed by atoms with van der Waals surface area (Å²) in [5, 5.41) is 14.1. The van der Waals surface area contributed by atoms with Crippen molar-refractivity contribution >= 4 is 17.1 Å². The highest BCUT2D eigenvalue weighted by Gasteiger charge is 2.14. The van der Waals surface area contributed by atoms with Gasteiger partial charge in [0.15, 0.2) is 0 Å². The molecular formula is C22H35N3O.